The summed E-state index contributed by atoms with van der Waals surface area (Å²) in [6.45, 7) is 9.09. The first kappa shape index (κ1) is 9.89. The summed E-state index contributed by atoms with van der Waals surface area (Å²) in [5.41, 5.74) is 2.21. The SMILES string of the molecule is C=C1C2CC(O)CC23CCC(C3)C1(C)C. The zero-order chi connectivity index (χ0) is 10.8. The van der Waals surface area contributed by atoms with Crippen LogP contribution < -0.4 is 0 Å². The van der Waals surface area contributed by atoms with E-state index in [1.807, 2.05) is 0 Å². The molecule has 4 atom stereocenters. The van der Waals surface area contributed by atoms with Gasteiger partial charge in [0.2, 0.25) is 0 Å². The lowest BCUT2D eigenvalue weighted by molar-refractivity contribution is 0.114. The van der Waals surface area contributed by atoms with Crippen molar-refractivity contribution in [3.63, 3.8) is 0 Å². The highest BCUT2D eigenvalue weighted by Crippen LogP contribution is 2.68. The van der Waals surface area contributed by atoms with Crippen LogP contribution in [0.2, 0.25) is 0 Å². The van der Waals surface area contributed by atoms with Gasteiger partial charge in [-0.2, -0.15) is 0 Å². The van der Waals surface area contributed by atoms with Crippen molar-refractivity contribution in [2.75, 3.05) is 0 Å². The van der Waals surface area contributed by atoms with E-state index in [4.69, 9.17) is 0 Å². The molecule has 3 rings (SSSR count). The van der Waals surface area contributed by atoms with Crippen LogP contribution in [0.5, 0.6) is 0 Å². The molecule has 0 amide bonds. The molecule has 3 aliphatic carbocycles. The lowest BCUT2D eigenvalue weighted by Crippen LogP contribution is -2.38. The van der Waals surface area contributed by atoms with Gasteiger partial charge in [0.1, 0.15) is 0 Å². The van der Waals surface area contributed by atoms with Gasteiger partial charge in [-0.05, 0) is 54.8 Å². The van der Waals surface area contributed by atoms with E-state index in [9.17, 15) is 5.11 Å². The van der Waals surface area contributed by atoms with E-state index in [0.29, 0.717) is 16.7 Å². The minimum Gasteiger partial charge on any atom is -0.393 e. The van der Waals surface area contributed by atoms with Crippen molar-refractivity contribution in [3.8, 4) is 0 Å². The second-order valence-corrected chi connectivity index (χ2v) is 6.70. The van der Waals surface area contributed by atoms with Crippen LogP contribution in [-0.4, -0.2) is 11.2 Å². The largest absolute Gasteiger partial charge is 0.393 e. The van der Waals surface area contributed by atoms with Crippen LogP contribution in [0, 0.1) is 22.7 Å². The van der Waals surface area contributed by atoms with E-state index in [1.54, 1.807) is 0 Å². The van der Waals surface area contributed by atoms with E-state index in [2.05, 4.69) is 20.4 Å². The number of rotatable bonds is 0. The standard InChI is InChI=1S/C14H22O/c1-9-12-6-11(15)8-14(12)5-4-10(7-14)13(9,2)3/h10-12,15H,1,4-8H2,2-3H3. The van der Waals surface area contributed by atoms with Crippen molar-refractivity contribution in [2.45, 2.75) is 52.1 Å². The highest BCUT2D eigenvalue weighted by atomic mass is 16.3. The third-order valence-electron chi connectivity index (χ3n) is 5.80. The number of aliphatic hydroxyl groups excluding tert-OH is 1. The summed E-state index contributed by atoms with van der Waals surface area (Å²) in [6, 6.07) is 0. The van der Waals surface area contributed by atoms with Crippen molar-refractivity contribution in [2.24, 2.45) is 22.7 Å². The number of fused-ring (bicyclic) bond motifs is 1. The molecular formula is C14H22O. The lowest BCUT2D eigenvalue weighted by Gasteiger charge is -2.47. The van der Waals surface area contributed by atoms with Crippen LogP contribution >= 0.6 is 0 Å². The molecule has 3 saturated carbocycles. The summed E-state index contributed by atoms with van der Waals surface area (Å²) in [6.07, 6.45) is 6.01. The second kappa shape index (κ2) is 2.68. The van der Waals surface area contributed by atoms with Crippen LogP contribution in [-0.2, 0) is 0 Å². The van der Waals surface area contributed by atoms with Crippen molar-refractivity contribution in [3.05, 3.63) is 12.2 Å². The molecule has 2 bridgehead atoms. The van der Waals surface area contributed by atoms with E-state index < -0.39 is 0 Å². The molecule has 1 heteroatoms. The molecule has 1 nitrogen and oxygen atoms in total. The molecule has 0 aromatic carbocycles. The van der Waals surface area contributed by atoms with Crippen LogP contribution in [0.3, 0.4) is 0 Å². The van der Waals surface area contributed by atoms with Gasteiger partial charge in [-0.15, -0.1) is 0 Å². The van der Waals surface area contributed by atoms with Gasteiger partial charge >= 0.3 is 0 Å². The topological polar surface area (TPSA) is 20.2 Å². The zero-order valence-corrected chi connectivity index (χ0v) is 9.92. The molecule has 4 unspecified atom stereocenters. The van der Waals surface area contributed by atoms with Crippen molar-refractivity contribution in [1.82, 2.24) is 0 Å². The maximum Gasteiger partial charge on any atom is 0.0551 e. The molecule has 1 N–H and O–H groups in total. The Morgan fingerprint density at radius 1 is 1.33 bits per heavy atom. The van der Waals surface area contributed by atoms with Crippen molar-refractivity contribution in [1.29, 1.82) is 0 Å². The third kappa shape index (κ3) is 1.08. The Morgan fingerprint density at radius 2 is 2.07 bits per heavy atom. The molecule has 0 heterocycles. The first-order valence-electron chi connectivity index (χ1n) is 6.33. The van der Waals surface area contributed by atoms with E-state index in [0.717, 1.165) is 18.8 Å². The van der Waals surface area contributed by atoms with Gasteiger partial charge in [-0.25, -0.2) is 0 Å². The zero-order valence-electron chi connectivity index (χ0n) is 9.92. The maximum absolute atomic E-state index is 9.92. The normalized spacial score (nSPS) is 51.9. The van der Waals surface area contributed by atoms with Crippen LogP contribution in [0.1, 0.15) is 46.0 Å². The van der Waals surface area contributed by atoms with Gasteiger partial charge in [0.25, 0.3) is 0 Å². The summed E-state index contributed by atoms with van der Waals surface area (Å²) >= 11 is 0. The van der Waals surface area contributed by atoms with Crippen LogP contribution in [0.25, 0.3) is 0 Å². The van der Waals surface area contributed by atoms with E-state index in [1.165, 1.54) is 24.8 Å². The smallest absolute Gasteiger partial charge is 0.0551 e. The van der Waals surface area contributed by atoms with Gasteiger partial charge in [0.15, 0.2) is 0 Å². The van der Waals surface area contributed by atoms with Crippen LogP contribution in [0.15, 0.2) is 12.2 Å². The monoisotopic (exact) mass is 206 g/mol. The molecule has 0 radical (unpaired) electrons. The third-order valence-corrected chi connectivity index (χ3v) is 5.80. The predicted octanol–water partition coefficient (Wildman–Crippen LogP) is 3.14. The summed E-state index contributed by atoms with van der Waals surface area (Å²) in [7, 11) is 0. The molecule has 3 aliphatic rings. The van der Waals surface area contributed by atoms with E-state index >= 15 is 0 Å². The van der Waals surface area contributed by atoms with Gasteiger partial charge < -0.3 is 5.11 Å². The summed E-state index contributed by atoms with van der Waals surface area (Å²) in [4.78, 5) is 0. The van der Waals surface area contributed by atoms with Gasteiger partial charge in [-0.3, -0.25) is 0 Å². The Balaban J connectivity index is 2.04. The number of aliphatic hydroxyl groups is 1. The second-order valence-electron chi connectivity index (χ2n) is 6.70. The quantitative estimate of drug-likeness (QED) is 0.604. The predicted molar refractivity (Wildman–Crippen MR) is 61.4 cm³/mol. The molecule has 3 fully saturated rings. The number of hydrogen-bond donors (Lipinski definition) is 1. The molecule has 0 aromatic heterocycles. The fourth-order valence-corrected chi connectivity index (χ4v) is 4.71. The Morgan fingerprint density at radius 3 is 2.80 bits per heavy atom. The first-order chi connectivity index (χ1) is 6.96. The van der Waals surface area contributed by atoms with Gasteiger partial charge in [0.05, 0.1) is 6.10 Å². The van der Waals surface area contributed by atoms with Gasteiger partial charge in [-0.1, -0.05) is 26.0 Å². The minimum absolute atomic E-state index is 0.0561. The summed E-state index contributed by atoms with van der Waals surface area (Å²) in [5, 5.41) is 9.92. The minimum atomic E-state index is -0.0561. The maximum atomic E-state index is 9.92. The fourth-order valence-electron chi connectivity index (χ4n) is 4.71. The average molecular weight is 206 g/mol. The first-order valence-corrected chi connectivity index (χ1v) is 6.33. The molecule has 0 aromatic rings. The molecule has 0 saturated heterocycles. The Labute approximate surface area is 92.6 Å². The number of hydrogen-bond acceptors (Lipinski definition) is 1. The van der Waals surface area contributed by atoms with Gasteiger partial charge in [0, 0.05) is 0 Å². The summed E-state index contributed by atoms with van der Waals surface area (Å²) < 4.78 is 0. The highest BCUT2D eigenvalue weighted by molar-refractivity contribution is 5.26. The molecule has 15 heavy (non-hydrogen) atoms. The van der Waals surface area contributed by atoms with E-state index in [-0.39, 0.29) is 6.10 Å². The molecule has 84 valence electrons. The molecule has 0 aliphatic heterocycles. The number of allylic oxidation sites excluding steroid dienone is 1. The Kier molecular flexibility index (Phi) is 1.77. The Bertz CT molecular complexity index is 317. The lowest BCUT2D eigenvalue weighted by atomic mass is 9.58. The van der Waals surface area contributed by atoms with Crippen molar-refractivity contribution < 1.29 is 5.11 Å². The highest BCUT2D eigenvalue weighted by Gasteiger charge is 2.59. The fraction of sp³-hybridized carbons (Fsp3) is 0.857. The van der Waals surface area contributed by atoms with Crippen LogP contribution in [0.4, 0.5) is 0 Å². The average Bonchev–Trinajstić information content (AvgIpc) is 2.68. The summed E-state index contributed by atoms with van der Waals surface area (Å²) in [5.74, 6) is 1.44. The molecular weight excluding hydrogens is 184 g/mol. The Hall–Kier alpha value is -0.300. The molecule has 1 spiro atoms. The van der Waals surface area contributed by atoms with Crippen molar-refractivity contribution >= 4 is 0 Å².